The van der Waals surface area contributed by atoms with Crippen LogP contribution in [0.5, 0.6) is 0 Å². The number of nitrogens with one attached hydrogen (secondary N) is 1. The molecule has 0 fully saturated rings. The summed E-state index contributed by atoms with van der Waals surface area (Å²) in [7, 11) is 0. The predicted molar refractivity (Wildman–Crippen MR) is 121 cm³/mol. The van der Waals surface area contributed by atoms with Crippen molar-refractivity contribution in [1.29, 1.82) is 0 Å². The van der Waals surface area contributed by atoms with Gasteiger partial charge in [-0.1, -0.05) is 46.3 Å². The number of amides is 2. The molecular formula is C23H21BrN4O3. The third kappa shape index (κ3) is 4.91. The number of para-hydroxylation sites is 1. The highest BCUT2D eigenvalue weighted by Gasteiger charge is 2.26. The van der Waals surface area contributed by atoms with Crippen LogP contribution in [-0.2, 0) is 24.3 Å². The zero-order valence-corrected chi connectivity index (χ0v) is 18.3. The summed E-state index contributed by atoms with van der Waals surface area (Å²) < 4.78 is 2.12. The second-order valence-corrected chi connectivity index (χ2v) is 8.19. The van der Waals surface area contributed by atoms with E-state index in [1.807, 2.05) is 48.5 Å². The van der Waals surface area contributed by atoms with E-state index < -0.39 is 0 Å². The molecule has 158 valence electrons. The Kier molecular flexibility index (Phi) is 6.27. The number of fused-ring (bicyclic) bond motifs is 1. The minimum atomic E-state index is -0.349. The lowest BCUT2D eigenvalue weighted by Crippen LogP contribution is -2.33. The Morgan fingerprint density at radius 3 is 2.74 bits per heavy atom. The number of benzene rings is 2. The fourth-order valence-electron chi connectivity index (χ4n) is 3.55. The minimum Gasteiger partial charge on any atom is -0.352 e. The number of aromatic nitrogens is 2. The maximum Gasteiger partial charge on any atom is 0.278 e. The summed E-state index contributed by atoms with van der Waals surface area (Å²) in [6.45, 7) is 1.07. The van der Waals surface area contributed by atoms with Gasteiger partial charge in [0.2, 0.25) is 5.91 Å². The Bertz CT molecular complexity index is 1190. The van der Waals surface area contributed by atoms with Crippen molar-refractivity contribution >= 4 is 33.4 Å². The van der Waals surface area contributed by atoms with Crippen LogP contribution in [0, 0.1) is 0 Å². The number of aryl methyl sites for hydroxylation is 1. The predicted octanol–water partition coefficient (Wildman–Crippen LogP) is 2.92. The summed E-state index contributed by atoms with van der Waals surface area (Å²) in [5.41, 5.74) is 2.80. The first-order valence-corrected chi connectivity index (χ1v) is 10.8. The van der Waals surface area contributed by atoms with Crippen LogP contribution in [0.3, 0.4) is 0 Å². The summed E-state index contributed by atoms with van der Waals surface area (Å²) in [5.74, 6) is -0.448. The highest BCUT2D eigenvalue weighted by molar-refractivity contribution is 9.10. The van der Waals surface area contributed by atoms with Gasteiger partial charge in [-0.15, -0.1) is 0 Å². The number of hydrogen-bond acceptors (Lipinski definition) is 4. The largest absolute Gasteiger partial charge is 0.352 e. The molecule has 1 aliphatic heterocycles. The maximum atomic E-state index is 13.0. The van der Waals surface area contributed by atoms with Crippen LogP contribution in [0.25, 0.3) is 0 Å². The van der Waals surface area contributed by atoms with Gasteiger partial charge in [0, 0.05) is 35.7 Å². The molecule has 0 saturated carbocycles. The van der Waals surface area contributed by atoms with Crippen LogP contribution >= 0.6 is 15.9 Å². The quantitative estimate of drug-likeness (QED) is 0.587. The van der Waals surface area contributed by atoms with E-state index >= 15 is 0 Å². The molecule has 0 saturated heterocycles. The lowest BCUT2D eigenvalue weighted by atomic mass is 10.2. The molecule has 0 unspecified atom stereocenters. The van der Waals surface area contributed by atoms with Gasteiger partial charge in [0.15, 0.2) is 0 Å². The van der Waals surface area contributed by atoms with Gasteiger partial charge in [-0.3, -0.25) is 14.4 Å². The lowest BCUT2D eigenvalue weighted by molar-refractivity contribution is -0.121. The molecule has 3 aromatic rings. The number of rotatable bonds is 6. The Labute approximate surface area is 187 Å². The molecule has 1 aliphatic rings. The van der Waals surface area contributed by atoms with Crippen molar-refractivity contribution in [2.75, 3.05) is 11.4 Å². The molecule has 0 spiro atoms. The Morgan fingerprint density at radius 2 is 1.90 bits per heavy atom. The van der Waals surface area contributed by atoms with Gasteiger partial charge in [-0.2, -0.15) is 5.10 Å². The molecule has 0 bridgehead atoms. The first-order chi connectivity index (χ1) is 15.0. The van der Waals surface area contributed by atoms with Gasteiger partial charge < -0.3 is 10.2 Å². The fourth-order valence-corrected chi connectivity index (χ4v) is 4.00. The SMILES string of the molecule is O=C(CCn1nc(C(=O)N2CCc3ccccc32)ccc1=O)NCc1cccc(Br)c1. The zero-order valence-electron chi connectivity index (χ0n) is 16.8. The molecular weight excluding hydrogens is 460 g/mol. The molecule has 2 aromatic carbocycles. The van der Waals surface area contributed by atoms with E-state index in [0.29, 0.717) is 13.1 Å². The van der Waals surface area contributed by atoms with E-state index in [-0.39, 0.29) is 36.0 Å². The van der Waals surface area contributed by atoms with Gasteiger partial charge in [0.25, 0.3) is 11.5 Å². The van der Waals surface area contributed by atoms with E-state index in [9.17, 15) is 14.4 Å². The van der Waals surface area contributed by atoms with Gasteiger partial charge >= 0.3 is 0 Å². The van der Waals surface area contributed by atoms with Crippen molar-refractivity contribution in [1.82, 2.24) is 15.1 Å². The Morgan fingerprint density at radius 1 is 1.06 bits per heavy atom. The molecule has 0 atom stereocenters. The normalized spacial score (nSPS) is 12.5. The van der Waals surface area contributed by atoms with Crippen molar-refractivity contribution in [2.24, 2.45) is 0 Å². The van der Waals surface area contributed by atoms with Crippen molar-refractivity contribution in [2.45, 2.75) is 25.9 Å². The summed E-state index contributed by atoms with van der Waals surface area (Å²) >= 11 is 3.40. The third-order valence-corrected chi connectivity index (χ3v) is 5.64. The van der Waals surface area contributed by atoms with E-state index in [1.165, 1.54) is 16.8 Å². The van der Waals surface area contributed by atoms with E-state index in [1.54, 1.807) is 4.90 Å². The monoisotopic (exact) mass is 480 g/mol. The number of anilines is 1. The van der Waals surface area contributed by atoms with Crippen LogP contribution in [-0.4, -0.2) is 28.1 Å². The van der Waals surface area contributed by atoms with Gasteiger partial charge in [-0.05, 0) is 41.8 Å². The second-order valence-electron chi connectivity index (χ2n) is 7.27. The van der Waals surface area contributed by atoms with Crippen LogP contribution in [0.15, 0.2) is 69.9 Å². The molecule has 1 N–H and O–H groups in total. The summed E-state index contributed by atoms with van der Waals surface area (Å²) in [6, 6.07) is 18.2. The first kappa shape index (κ1) is 21.0. The minimum absolute atomic E-state index is 0.0884. The number of nitrogens with zero attached hydrogens (tertiary/aromatic N) is 3. The smallest absolute Gasteiger partial charge is 0.278 e. The van der Waals surface area contributed by atoms with Crippen LogP contribution in [0.2, 0.25) is 0 Å². The molecule has 8 heteroatoms. The van der Waals surface area contributed by atoms with Crippen molar-refractivity contribution in [3.05, 3.63) is 92.3 Å². The highest BCUT2D eigenvalue weighted by atomic mass is 79.9. The van der Waals surface area contributed by atoms with Crippen LogP contribution in [0.4, 0.5) is 5.69 Å². The van der Waals surface area contributed by atoms with E-state index in [0.717, 1.165) is 27.7 Å². The Hall–Kier alpha value is -3.26. The molecule has 7 nitrogen and oxygen atoms in total. The summed E-state index contributed by atoms with van der Waals surface area (Å²) in [4.78, 5) is 39.0. The molecule has 0 radical (unpaired) electrons. The average Bonchev–Trinajstić information content (AvgIpc) is 3.21. The van der Waals surface area contributed by atoms with Gasteiger partial charge in [0.05, 0.1) is 6.54 Å². The van der Waals surface area contributed by atoms with Crippen LogP contribution in [0.1, 0.15) is 28.0 Å². The highest BCUT2D eigenvalue weighted by Crippen LogP contribution is 2.28. The lowest BCUT2D eigenvalue weighted by Gasteiger charge is -2.17. The third-order valence-electron chi connectivity index (χ3n) is 5.15. The second kappa shape index (κ2) is 9.26. The Balaban J connectivity index is 1.39. The maximum absolute atomic E-state index is 13.0. The molecule has 2 heterocycles. The number of carbonyl (C=O) groups excluding carboxylic acids is 2. The summed E-state index contributed by atoms with van der Waals surface area (Å²) in [6.07, 6.45) is 0.880. The number of hydrogen-bond donors (Lipinski definition) is 1. The number of halogens is 1. The molecule has 31 heavy (non-hydrogen) atoms. The fraction of sp³-hybridized carbons (Fsp3) is 0.217. The molecule has 2 amide bonds. The van der Waals surface area contributed by atoms with Crippen LogP contribution < -0.4 is 15.8 Å². The average molecular weight is 481 g/mol. The van der Waals surface area contributed by atoms with Gasteiger partial charge in [-0.25, -0.2) is 4.68 Å². The topological polar surface area (TPSA) is 84.3 Å². The summed E-state index contributed by atoms with van der Waals surface area (Å²) in [5, 5.41) is 7.05. The van der Waals surface area contributed by atoms with E-state index in [2.05, 4.69) is 26.3 Å². The van der Waals surface area contributed by atoms with Crippen molar-refractivity contribution in [3.8, 4) is 0 Å². The molecule has 0 aliphatic carbocycles. The van der Waals surface area contributed by atoms with E-state index in [4.69, 9.17) is 0 Å². The standard InChI is InChI=1S/C23H21BrN4O3/c24-18-6-3-4-16(14-18)15-25-21(29)11-13-28-22(30)9-8-19(26-28)23(31)27-12-10-17-5-1-2-7-20(17)27/h1-9,14H,10-13,15H2,(H,25,29). The molecule has 4 rings (SSSR count). The number of carbonyl (C=O) groups is 2. The van der Waals surface area contributed by atoms with Crippen molar-refractivity contribution < 1.29 is 9.59 Å². The zero-order chi connectivity index (χ0) is 21.8. The molecule has 1 aromatic heterocycles. The van der Waals surface area contributed by atoms with Crippen molar-refractivity contribution in [3.63, 3.8) is 0 Å². The first-order valence-electron chi connectivity index (χ1n) is 10.0. The van der Waals surface area contributed by atoms with Gasteiger partial charge in [0.1, 0.15) is 5.69 Å².